The number of anilines is 1. The Balaban J connectivity index is 1.91. The number of ether oxygens (including phenoxy) is 2. The lowest BCUT2D eigenvalue weighted by molar-refractivity contribution is 0.354. The predicted molar refractivity (Wildman–Crippen MR) is 118 cm³/mol. The monoisotopic (exact) mass is 469 g/mol. The van der Waals surface area contributed by atoms with Crippen molar-refractivity contribution in [2.45, 2.75) is 25.3 Å². The number of hydrogen-bond acceptors (Lipinski definition) is 5. The lowest BCUT2D eigenvalue weighted by Gasteiger charge is -2.12. The molecule has 0 unspecified atom stereocenters. The number of benzene rings is 2. The van der Waals surface area contributed by atoms with Crippen molar-refractivity contribution in [3.63, 3.8) is 0 Å². The first-order valence-corrected chi connectivity index (χ1v) is 11.1. The lowest BCUT2D eigenvalue weighted by atomic mass is 10.2. The molecule has 0 spiro atoms. The third-order valence-electron chi connectivity index (χ3n) is 4.62. The summed E-state index contributed by atoms with van der Waals surface area (Å²) < 4.78 is 40.6. The van der Waals surface area contributed by atoms with E-state index in [0.29, 0.717) is 45.2 Å². The van der Waals surface area contributed by atoms with E-state index in [1.165, 1.54) is 26.4 Å². The highest BCUT2D eigenvalue weighted by molar-refractivity contribution is 7.92. The Morgan fingerprint density at radius 3 is 2.37 bits per heavy atom. The van der Waals surface area contributed by atoms with E-state index in [1.54, 1.807) is 36.7 Å². The van der Waals surface area contributed by atoms with Crippen LogP contribution in [0.2, 0.25) is 10.0 Å². The van der Waals surface area contributed by atoms with Gasteiger partial charge in [-0.3, -0.25) is 9.40 Å². The van der Waals surface area contributed by atoms with Gasteiger partial charge in [0.05, 0.1) is 42.7 Å². The van der Waals surface area contributed by atoms with Crippen molar-refractivity contribution in [1.29, 1.82) is 0 Å². The van der Waals surface area contributed by atoms with E-state index < -0.39 is 10.0 Å². The van der Waals surface area contributed by atoms with E-state index >= 15 is 0 Å². The Labute approximate surface area is 185 Å². The number of nitrogens with one attached hydrogen (secondary N) is 1. The Morgan fingerprint density at radius 1 is 1.03 bits per heavy atom. The average molecular weight is 470 g/mol. The molecule has 0 amide bonds. The second-order valence-corrected chi connectivity index (χ2v) is 9.09. The summed E-state index contributed by atoms with van der Waals surface area (Å²) in [5.74, 6) is 0.762. The first-order valence-electron chi connectivity index (χ1n) is 8.89. The number of aromatic nitrogens is 2. The third kappa shape index (κ3) is 4.50. The molecule has 0 saturated carbocycles. The topological polar surface area (TPSA) is 82.5 Å². The van der Waals surface area contributed by atoms with Crippen LogP contribution in [0.5, 0.6) is 11.5 Å². The molecule has 0 saturated heterocycles. The predicted octanol–water partition coefficient (Wildman–Crippen LogP) is 4.67. The summed E-state index contributed by atoms with van der Waals surface area (Å²) >= 11 is 12.2. The van der Waals surface area contributed by atoms with Crippen LogP contribution in [0.15, 0.2) is 41.3 Å². The summed E-state index contributed by atoms with van der Waals surface area (Å²) in [5, 5.41) is 5.52. The third-order valence-corrected chi connectivity index (χ3v) is 6.55. The van der Waals surface area contributed by atoms with E-state index in [-0.39, 0.29) is 4.90 Å². The van der Waals surface area contributed by atoms with E-state index in [9.17, 15) is 8.42 Å². The largest absolute Gasteiger partial charge is 0.493 e. The van der Waals surface area contributed by atoms with Crippen molar-refractivity contribution in [1.82, 2.24) is 9.78 Å². The molecule has 1 heterocycles. The maximum absolute atomic E-state index is 13.0. The summed E-state index contributed by atoms with van der Waals surface area (Å²) in [7, 11) is -0.941. The zero-order valence-electron chi connectivity index (χ0n) is 16.9. The number of aryl methyl sites for hydroxylation is 1. The van der Waals surface area contributed by atoms with Crippen molar-refractivity contribution >= 4 is 38.9 Å². The molecule has 1 aromatic heterocycles. The zero-order chi connectivity index (χ0) is 22.1. The van der Waals surface area contributed by atoms with Gasteiger partial charge in [-0.25, -0.2) is 8.42 Å². The van der Waals surface area contributed by atoms with Gasteiger partial charge in [-0.05, 0) is 43.7 Å². The minimum absolute atomic E-state index is 0.0486. The molecule has 0 radical (unpaired) electrons. The fraction of sp³-hybridized carbons (Fsp3) is 0.250. The maximum atomic E-state index is 13.0. The van der Waals surface area contributed by atoms with Crippen LogP contribution in [-0.2, 0) is 16.6 Å². The smallest absolute Gasteiger partial charge is 0.262 e. The van der Waals surface area contributed by atoms with Crippen molar-refractivity contribution in [2.24, 2.45) is 0 Å². The van der Waals surface area contributed by atoms with Crippen LogP contribution in [0.4, 0.5) is 5.69 Å². The quantitative estimate of drug-likeness (QED) is 0.543. The van der Waals surface area contributed by atoms with E-state index in [2.05, 4.69) is 9.82 Å². The average Bonchev–Trinajstić information content (AvgIpc) is 2.96. The minimum Gasteiger partial charge on any atom is -0.493 e. The number of hydrogen-bond donors (Lipinski definition) is 1. The van der Waals surface area contributed by atoms with Gasteiger partial charge in [-0.2, -0.15) is 5.10 Å². The van der Waals surface area contributed by atoms with Crippen molar-refractivity contribution in [2.75, 3.05) is 18.9 Å². The van der Waals surface area contributed by atoms with Crippen LogP contribution in [0.1, 0.15) is 17.0 Å². The molecule has 7 nitrogen and oxygen atoms in total. The van der Waals surface area contributed by atoms with Gasteiger partial charge in [0, 0.05) is 16.1 Å². The highest BCUT2D eigenvalue weighted by Crippen LogP contribution is 2.31. The summed E-state index contributed by atoms with van der Waals surface area (Å²) in [4.78, 5) is 0.0486. The second kappa shape index (κ2) is 8.75. The van der Waals surface area contributed by atoms with Gasteiger partial charge in [0.2, 0.25) is 0 Å². The van der Waals surface area contributed by atoms with E-state index in [4.69, 9.17) is 32.7 Å². The van der Waals surface area contributed by atoms with Crippen LogP contribution in [0, 0.1) is 13.8 Å². The summed E-state index contributed by atoms with van der Waals surface area (Å²) in [5.41, 5.74) is 2.43. The van der Waals surface area contributed by atoms with Crippen LogP contribution >= 0.6 is 23.2 Å². The molecule has 0 atom stereocenters. The molecule has 2 aromatic carbocycles. The molecule has 3 rings (SSSR count). The fourth-order valence-corrected chi connectivity index (χ4v) is 4.65. The second-order valence-electron chi connectivity index (χ2n) is 6.56. The summed E-state index contributed by atoms with van der Waals surface area (Å²) in [6, 6.07) is 9.61. The van der Waals surface area contributed by atoms with E-state index in [0.717, 1.165) is 5.56 Å². The molecule has 160 valence electrons. The van der Waals surface area contributed by atoms with E-state index in [1.807, 2.05) is 6.07 Å². The van der Waals surface area contributed by atoms with Crippen molar-refractivity contribution in [3.05, 3.63) is 63.4 Å². The Hall–Kier alpha value is -2.42. The number of nitrogens with zero attached hydrogens (tertiary/aromatic N) is 2. The van der Waals surface area contributed by atoms with Crippen molar-refractivity contribution in [3.8, 4) is 11.5 Å². The normalized spacial score (nSPS) is 11.4. The van der Waals surface area contributed by atoms with Crippen LogP contribution in [0.3, 0.4) is 0 Å². The first-order chi connectivity index (χ1) is 14.2. The number of rotatable bonds is 7. The first kappa shape index (κ1) is 22.3. The van der Waals surface area contributed by atoms with Crippen LogP contribution in [0.25, 0.3) is 0 Å². The molecule has 1 N–H and O–H groups in total. The standard InChI is InChI=1S/C20H21Cl2N3O4S/c1-12-20(13(2)25(23-12)11-14-5-6-15(21)9-17(14)22)24-30(26,27)16-7-8-18(28-3)19(10-16)29-4/h5-10,24H,11H2,1-4H3. The van der Waals surface area contributed by atoms with Gasteiger partial charge in [0.15, 0.2) is 11.5 Å². The molecular formula is C20H21Cl2N3O4S. The molecule has 3 aromatic rings. The van der Waals surface area contributed by atoms with Gasteiger partial charge in [0.25, 0.3) is 10.0 Å². The molecule has 0 aliphatic heterocycles. The van der Waals surface area contributed by atoms with Gasteiger partial charge in [-0.15, -0.1) is 0 Å². The maximum Gasteiger partial charge on any atom is 0.262 e. The van der Waals surface area contributed by atoms with Crippen LogP contribution < -0.4 is 14.2 Å². The SMILES string of the molecule is COc1ccc(S(=O)(=O)Nc2c(C)nn(Cc3ccc(Cl)cc3Cl)c2C)cc1OC. The van der Waals surface area contributed by atoms with Crippen LogP contribution in [-0.4, -0.2) is 32.4 Å². The number of methoxy groups -OCH3 is 2. The Bertz CT molecular complexity index is 1190. The molecular weight excluding hydrogens is 449 g/mol. The fourth-order valence-electron chi connectivity index (χ4n) is 2.99. The highest BCUT2D eigenvalue weighted by Gasteiger charge is 2.22. The molecule has 0 aliphatic carbocycles. The molecule has 0 aliphatic rings. The Kier molecular flexibility index (Phi) is 6.50. The van der Waals surface area contributed by atoms with Gasteiger partial charge in [0.1, 0.15) is 0 Å². The van der Waals surface area contributed by atoms with Gasteiger partial charge >= 0.3 is 0 Å². The van der Waals surface area contributed by atoms with Crippen molar-refractivity contribution < 1.29 is 17.9 Å². The zero-order valence-corrected chi connectivity index (χ0v) is 19.2. The molecule has 30 heavy (non-hydrogen) atoms. The molecule has 10 heteroatoms. The number of halogens is 2. The summed E-state index contributed by atoms with van der Waals surface area (Å²) in [6.45, 7) is 3.90. The lowest BCUT2D eigenvalue weighted by Crippen LogP contribution is -2.14. The number of sulfonamides is 1. The highest BCUT2D eigenvalue weighted by atomic mass is 35.5. The minimum atomic E-state index is -3.87. The van der Waals surface area contributed by atoms with Gasteiger partial charge < -0.3 is 9.47 Å². The summed E-state index contributed by atoms with van der Waals surface area (Å²) in [6.07, 6.45) is 0. The molecule has 0 bridgehead atoms. The molecule has 0 fully saturated rings. The van der Waals surface area contributed by atoms with Gasteiger partial charge in [-0.1, -0.05) is 29.3 Å². The Morgan fingerprint density at radius 2 is 1.73 bits per heavy atom.